The Morgan fingerprint density at radius 1 is 1.43 bits per heavy atom. The average Bonchev–Trinajstić information content (AvgIpc) is 2.61. The van der Waals surface area contributed by atoms with Crippen molar-refractivity contribution in [3.63, 3.8) is 0 Å². The van der Waals surface area contributed by atoms with Crippen LogP contribution in [0, 0.1) is 0 Å². The second kappa shape index (κ2) is 4.07. The van der Waals surface area contributed by atoms with E-state index in [9.17, 15) is 0 Å². The molecule has 2 nitrogen and oxygen atoms in total. The lowest BCUT2D eigenvalue weighted by atomic mass is 10.3. The van der Waals surface area contributed by atoms with Crippen molar-refractivity contribution in [3.8, 4) is 0 Å². The van der Waals surface area contributed by atoms with Crippen LogP contribution in [0.2, 0.25) is 0 Å². The van der Waals surface area contributed by atoms with E-state index < -0.39 is 0 Å². The molecule has 0 spiro atoms. The number of rotatable bonds is 3. The van der Waals surface area contributed by atoms with E-state index in [-0.39, 0.29) is 6.10 Å². The molecule has 0 unspecified atom stereocenters. The van der Waals surface area contributed by atoms with E-state index in [1.807, 2.05) is 32.0 Å². The Labute approximate surface area is 87.5 Å². The van der Waals surface area contributed by atoms with E-state index in [1.165, 1.54) is 4.70 Å². The first-order valence-corrected chi connectivity index (χ1v) is 5.60. The van der Waals surface area contributed by atoms with Crippen LogP contribution in [0.25, 0.3) is 10.2 Å². The molecule has 0 saturated carbocycles. The van der Waals surface area contributed by atoms with E-state index >= 15 is 0 Å². The Hall–Kier alpha value is -0.930. The number of nitrogens with zero attached hydrogens (tertiary/aromatic N) is 1. The van der Waals surface area contributed by atoms with Crippen LogP contribution in [0.3, 0.4) is 0 Å². The summed E-state index contributed by atoms with van der Waals surface area (Å²) in [5.41, 5.74) is 1.07. The molecule has 0 saturated heterocycles. The molecule has 0 radical (unpaired) electrons. The molecule has 2 aromatic rings. The standard InChI is InChI=1S/C11H13NOS/c1-3-13-8(2)11-12-9-6-4-5-7-10(9)14-11/h4-8H,3H2,1-2H3/t8-/m0/s1. The van der Waals surface area contributed by atoms with Gasteiger partial charge in [0.15, 0.2) is 0 Å². The summed E-state index contributed by atoms with van der Waals surface area (Å²) in [6.45, 7) is 4.78. The maximum Gasteiger partial charge on any atom is 0.122 e. The van der Waals surface area contributed by atoms with E-state index in [0.717, 1.165) is 17.1 Å². The zero-order valence-electron chi connectivity index (χ0n) is 8.36. The quantitative estimate of drug-likeness (QED) is 0.769. The van der Waals surface area contributed by atoms with Crippen molar-refractivity contribution in [1.29, 1.82) is 0 Å². The number of hydrogen-bond acceptors (Lipinski definition) is 3. The summed E-state index contributed by atoms with van der Waals surface area (Å²) in [7, 11) is 0. The summed E-state index contributed by atoms with van der Waals surface area (Å²) >= 11 is 1.71. The lowest BCUT2D eigenvalue weighted by Crippen LogP contribution is -1.97. The Morgan fingerprint density at radius 2 is 2.21 bits per heavy atom. The molecule has 14 heavy (non-hydrogen) atoms. The number of aromatic nitrogens is 1. The summed E-state index contributed by atoms with van der Waals surface area (Å²) in [6, 6.07) is 8.18. The molecular weight excluding hydrogens is 194 g/mol. The van der Waals surface area contributed by atoms with Gasteiger partial charge in [-0.2, -0.15) is 0 Å². The number of hydrogen-bond donors (Lipinski definition) is 0. The fourth-order valence-corrected chi connectivity index (χ4v) is 2.35. The Balaban J connectivity index is 2.35. The minimum absolute atomic E-state index is 0.109. The van der Waals surface area contributed by atoms with Crippen LogP contribution in [0.15, 0.2) is 24.3 Å². The summed E-state index contributed by atoms with van der Waals surface area (Å²) in [6.07, 6.45) is 0.109. The van der Waals surface area contributed by atoms with Crippen LogP contribution in [0.5, 0.6) is 0 Å². The average molecular weight is 207 g/mol. The summed E-state index contributed by atoms with van der Waals surface area (Å²) in [4.78, 5) is 4.52. The predicted molar refractivity (Wildman–Crippen MR) is 59.7 cm³/mol. The van der Waals surface area contributed by atoms with Crippen LogP contribution >= 0.6 is 11.3 Å². The van der Waals surface area contributed by atoms with Crippen molar-refractivity contribution in [2.45, 2.75) is 20.0 Å². The summed E-state index contributed by atoms with van der Waals surface area (Å²) < 4.78 is 6.74. The molecule has 2 rings (SSSR count). The molecule has 0 amide bonds. The largest absolute Gasteiger partial charge is 0.372 e. The molecule has 1 heterocycles. The third-order valence-corrected chi connectivity index (χ3v) is 3.27. The molecule has 0 aliphatic rings. The Bertz CT molecular complexity index is 391. The maximum absolute atomic E-state index is 5.51. The minimum Gasteiger partial charge on any atom is -0.372 e. The first-order chi connectivity index (χ1) is 6.81. The Morgan fingerprint density at radius 3 is 2.93 bits per heavy atom. The van der Waals surface area contributed by atoms with Crippen molar-refractivity contribution >= 4 is 21.6 Å². The van der Waals surface area contributed by atoms with Crippen molar-refractivity contribution in [2.24, 2.45) is 0 Å². The zero-order chi connectivity index (χ0) is 9.97. The van der Waals surface area contributed by atoms with Crippen LogP contribution in [-0.2, 0) is 4.74 Å². The van der Waals surface area contributed by atoms with Gasteiger partial charge in [0, 0.05) is 6.61 Å². The first kappa shape index (κ1) is 9.62. The zero-order valence-corrected chi connectivity index (χ0v) is 9.17. The van der Waals surface area contributed by atoms with E-state index in [0.29, 0.717) is 0 Å². The fourth-order valence-electron chi connectivity index (χ4n) is 1.39. The highest BCUT2D eigenvalue weighted by molar-refractivity contribution is 7.18. The van der Waals surface area contributed by atoms with E-state index in [2.05, 4.69) is 11.1 Å². The van der Waals surface area contributed by atoms with Crippen molar-refractivity contribution in [2.75, 3.05) is 6.61 Å². The van der Waals surface area contributed by atoms with Crippen molar-refractivity contribution < 1.29 is 4.74 Å². The van der Waals surface area contributed by atoms with Gasteiger partial charge in [0.25, 0.3) is 0 Å². The summed E-state index contributed by atoms with van der Waals surface area (Å²) in [5.74, 6) is 0. The molecule has 0 bridgehead atoms. The van der Waals surface area contributed by atoms with Gasteiger partial charge in [-0.3, -0.25) is 0 Å². The smallest absolute Gasteiger partial charge is 0.122 e. The third kappa shape index (κ3) is 1.79. The SMILES string of the molecule is CCO[C@@H](C)c1nc2ccccc2s1. The van der Waals surface area contributed by atoms with Gasteiger partial charge in [0.05, 0.1) is 10.2 Å². The van der Waals surface area contributed by atoms with Crippen molar-refractivity contribution in [3.05, 3.63) is 29.3 Å². The van der Waals surface area contributed by atoms with Gasteiger partial charge >= 0.3 is 0 Å². The highest BCUT2D eigenvalue weighted by Crippen LogP contribution is 2.27. The number of para-hydroxylation sites is 1. The second-order valence-corrected chi connectivity index (χ2v) is 4.18. The van der Waals surface area contributed by atoms with Gasteiger partial charge in [-0.15, -0.1) is 11.3 Å². The molecule has 1 aromatic heterocycles. The third-order valence-electron chi connectivity index (χ3n) is 2.07. The van der Waals surface area contributed by atoms with Gasteiger partial charge in [-0.1, -0.05) is 12.1 Å². The molecular formula is C11H13NOS. The van der Waals surface area contributed by atoms with Crippen LogP contribution in [0.1, 0.15) is 25.0 Å². The van der Waals surface area contributed by atoms with Crippen molar-refractivity contribution in [1.82, 2.24) is 4.98 Å². The highest BCUT2D eigenvalue weighted by atomic mass is 32.1. The lowest BCUT2D eigenvalue weighted by molar-refractivity contribution is 0.0763. The van der Waals surface area contributed by atoms with Gasteiger partial charge in [-0.05, 0) is 26.0 Å². The number of thiazole rings is 1. The minimum atomic E-state index is 0.109. The van der Waals surface area contributed by atoms with Gasteiger partial charge in [0.1, 0.15) is 11.1 Å². The maximum atomic E-state index is 5.51. The predicted octanol–water partition coefficient (Wildman–Crippen LogP) is 3.39. The van der Waals surface area contributed by atoms with Crippen LogP contribution in [-0.4, -0.2) is 11.6 Å². The molecule has 0 N–H and O–H groups in total. The molecule has 0 fully saturated rings. The molecule has 0 aliphatic carbocycles. The van der Waals surface area contributed by atoms with Crippen LogP contribution in [0.4, 0.5) is 0 Å². The number of benzene rings is 1. The molecule has 0 aliphatic heterocycles. The summed E-state index contributed by atoms with van der Waals surface area (Å²) in [5, 5.41) is 1.06. The highest BCUT2D eigenvalue weighted by Gasteiger charge is 2.10. The molecule has 1 atom stereocenters. The molecule has 3 heteroatoms. The van der Waals surface area contributed by atoms with E-state index in [1.54, 1.807) is 11.3 Å². The van der Waals surface area contributed by atoms with Gasteiger partial charge in [0.2, 0.25) is 0 Å². The first-order valence-electron chi connectivity index (χ1n) is 4.78. The Kier molecular flexibility index (Phi) is 2.79. The van der Waals surface area contributed by atoms with E-state index in [4.69, 9.17) is 4.74 Å². The molecule has 1 aromatic carbocycles. The lowest BCUT2D eigenvalue weighted by Gasteiger charge is -2.06. The number of ether oxygens (including phenoxy) is 1. The monoisotopic (exact) mass is 207 g/mol. The van der Waals surface area contributed by atoms with Crippen LogP contribution < -0.4 is 0 Å². The van der Waals surface area contributed by atoms with Gasteiger partial charge < -0.3 is 4.74 Å². The topological polar surface area (TPSA) is 22.1 Å². The normalized spacial score (nSPS) is 13.3. The number of fused-ring (bicyclic) bond motifs is 1. The molecule has 74 valence electrons. The fraction of sp³-hybridized carbons (Fsp3) is 0.364. The van der Waals surface area contributed by atoms with Gasteiger partial charge in [-0.25, -0.2) is 4.98 Å². The second-order valence-electron chi connectivity index (χ2n) is 3.12.